The van der Waals surface area contributed by atoms with Gasteiger partial charge in [-0.25, -0.2) is 17.2 Å². The van der Waals surface area contributed by atoms with Crippen LogP contribution in [0.2, 0.25) is 0 Å². The van der Waals surface area contributed by atoms with Crippen molar-refractivity contribution in [2.45, 2.75) is 31.7 Å². The molecule has 2 aliphatic rings. The average molecular weight is 343 g/mol. The monoisotopic (exact) mass is 343 g/mol. The van der Waals surface area contributed by atoms with Crippen molar-refractivity contribution in [2.75, 3.05) is 11.5 Å². The van der Waals surface area contributed by atoms with Gasteiger partial charge in [0.15, 0.2) is 9.84 Å². The molecule has 1 aromatic carbocycles. The molecule has 1 N–H and O–H groups in total. The second kappa shape index (κ2) is 6.19. The van der Waals surface area contributed by atoms with E-state index in [1.54, 1.807) is 0 Å². The zero-order valence-corrected chi connectivity index (χ0v) is 13.4. The maximum Gasteiger partial charge on any atom is 0.220 e. The molecule has 126 valence electrons. The molecule has 1 aliphatic carbocycles. The summed E-state index contributed by atoms with van der Waals surface area (Å²) in [5.74, 6) is -1.29. The number of carbonyl (C=O) groups is 1. The molecule has 0 spiro atoms. The van der Waals surface area contributed by atoms with Gasteiger partial charge in [-0.1, -0.05) is 0 Å². The molecule has 0 unspecified atom stereocenters. The topological polar surface area (TPSA) is 63.2 Å². The van der Waals surface area contributed by atoms with Gasteiger partial charge in [-0.2, -0.15) is 0 Å². The van der Waals surface area contributed by atoms with Crippen LogP contribution in [0.25, 0.3) is 0 Å². The quantitative estimate of drug-likeness (QED) is 0.893. The lowest BCUT2D eigenvalue weighted by molar-refractivity contribution is -0.122. The SMILES string of the molecule is O=C(C[C@H]1CCS(=O)(=O)C1)N[C@H](c1cc(F)ccc1F)C1CC1. The Morgan fingerprint density at radius 1 is 1.26 bits per heavy atom. The van der Waals surface area contributed by atoms with Gasteiger partial charge in [-0.15, -0.1) is 0 Å². The summed E-state index contributed by atoms with van der Waals surface area (Å²) in [7, 11) is -3.03. The van der Waals surface area contributed by atoms with Crippen molar-refractivity contribution < 1.29 is 22.0 Å². The highest BCUT2D eigenvalue weighted by molar-refractivity contribution is 7.91. The first kappa shape index (κ1) is 16.4. The summed E-state index contributed by atoms with van der Waals surface area (Å²) in [5, 5.41) is 2.78. The summed E-state index contributed by atoms with van der Waals surface area (Å²) < 4.78 is 50.3. The molecule has 1 saturated carbocycles. The van der Waals surface area contributed by atoms with E-state index in [1.807, 2.05) is 0 Å². The lowest BCUT2D eigenvalue weighted by Crippen LogP contribution is -2.32. The van der Waals surface area contributed by atoms with E-state index in [0.29, 0.717) is 6.42 Å². The van der Waals surface area contributed by atoms with Gasteiger partial charge in [0.1, 0.15) is 11.6 Å². The number of hydrogen-bond donors (Lipinski definition) is 1. The maximum absolute atomic E-state index is 14.0. The first-order chi connectivity index (χ1) is 10.8. The van der Waals surface area contributed by atoms with Crippen molar-refractivity contribution in [3.8, 4) is 0 Å². The zero-order chi connectivity index (χ0) is 16.6. The van der Waals surface area contributed by atoms with Crippen molar-refractivity contribution in [3.63, 3.8) is 0 Å². The number of carbonyl (C=O) groups excluding carboxylic acids is 1. The minimum Gasteiger partial charge on any atom is -0.349 e. The normalized spacial score (nSPS) is 24.3. The van der Waals surface area contributed by atoms with Crippen LogP contribution in [0.3, 0.4) is 0 Å². The molecule has 1 aromatic rings. The molecule has 0 radical (unpaired) electrons. The third-order valence-electron chi connectivity index (χ3n) is 4.50. The minimum absolute atomic E-state index is 0.0306. The van der Waals surface area contributed by atoms with E-state index in [4.69, 9.17) is 0 Å². The van der Waals surface area contributed by atoms with Crippen LogP contribution >= 0.6 is 0 Å². The molecule has 2 atom stereocenters. The van der Waals surface area contributed by atoms with Crippen molar-refractivity contribution in [2.24, 2.45) is 11.8 Å². The van der Waals surface area contributed by atoms with Gasteiger partial charge in [-0.3, -0.25) is 4.79 Å². The van der Waals surface area contributed by atoms with Gasteiger partial charge in [0.2, 0.25) is 5.91 Å². The Kier molecular flexibility index (Phi) is 4.40. The summed E-state index contributed by atoms with van der Waals surface area (Å²) in [4.78, 5) is 12.2. The maximum atomic E-state index is 14.0. The number of halogens is 2. The highest BCUT2D eigenvalue weighted by atomic mass is 32.2. The molecule has 1 heterocycles. The summed E-state index contributed by atoms with van der Waals surface area (Å²) >= 11 is 0. The molecule has 2 fully saturated rings. The first-order valence-electron chi connectivity index (χ1n) is 7.79. The molecule has 0 aromatic heterocycles. The van der Waals surface area contributed by atoms with Crippen molar-refractivity contribution >= 4 is 15.7 Å². The summed E-state index contributed by atoms with van der Waals surface area (Å²) in [5.41, 5.74) is 0.167. The van der Waals surface area contributed by atoms with Gasteiger partial charge >= 0.3 is 0 Å². The molecule has 0 bridgehead atoms. The van der Waals surface area contributed by atoms with E-state index >= 15 is 0 Å². The van der Waals surface area contributed by atoms with Gasteiger partial charge in [0.05, 0.1) is 17.5 Å². The number of rotatable bonds is 5. The van der Waals surface area contributed by atoms with Gasteiger partial charge in [0, 0.05) is 12.0 Å². The van der Waals surface area contributed by atoms with Crippen LogP contribution in [0.5, 0.6) is 0 Å². The number of benzene rings is 1. The predicted octanol–water partition coefficient (Wildman–Crippen LogP) is 2.36. The summed E-state index contributed by atoms with van der Waals surface area (Å²) in [6, 6.07) is 2.69. The number of nitrogens with one attached hydrogen (secondary N) is 1. The van der Waals surface area contributed by atoms with Gasteiger partial charge < -0.3 is 5.32 Å². The van der Waals surface area contributed by atoms with Crippen molar-refractivity contribution in [3.05, 3.63) is 35.4 Å². The molecule has 1 amide bonds. The lowest BCUT2D eigenvalue weighted by atomic mass is 9.99. The molecule has 7 heteroatoms. The second-order valence-corrected chi connectivity index (χ2v) is 8.75. The summed E-state index contributed by atoms with van der Waals surface area (Å²) in [6.07, 6.45) is 2.31. The first-order valence-corrected chi connectivity index (χ1v) is 9.61. The Morgan fingerprint density at radius 2 is 2.00 bits per heavy atom. The smallest absolute Gasteiger partial charge is 0.220 e. The van der Waals surface area contributed by atoms with E-state index in [1.165, 1.54) is 0 Å². The summed E-state index contributed by atoms with van der Waals surface area (Å²) in [6.45, 7) is 0. The van der Waals surface area contributed by atoms with Gasteiger partial charge in [-0.05, 0) is 49.3 Å². The predicted molar refractivity (Wildman–Crippen MR) is 81.3 cm³/mol. The minimum atomic E-state index is -3.03. The van der Waals surface area contributed by atoms with E-state index < -0.39 is 27.5 Å². The lowest BCUT2D eigenvalue weighted by Gasteiger charge is -2.20. The van der Waals surface area contributed by atoms with Crippen LogP contribution in [0.15, 0.2) is 18.2 Å². The molecule has 1 aliphatic heterocycles. The number of sulfone groups is 1. The molecule has 1 saturated heterocycles. The molecule has 3 rings (SSSR count). The van der Waals surface area contributed by atoms with Crippen molar-refractivity contribution in [1.29, 1.82) is 0 Å². The second-order valence-electron chi connectivity index (χ2n) is 6.52. The largest absolute Gasteiger partial charge is 0.349 e. The fourth-order valence-electron chi connectivity index (χ4n) is 3.16. The van der Waals surface area contributed by atoms with Crippen LogP contribution in [0, 0.1) is 23.5 Å². The third kappa shape index (κ3) is 4.07. The molecule has 23 heavy (non-hydrogen) atoms. The molecular weight excluding hydrogens is 324 g/mol. The van der Waals surface area contributed by atoms with E-state index in [9.17, 15) is 22.0 Å². The number of amides is 1. The van der Waals surface area contributed by atoms with E-state index in [0.717, 1.165) is 31.0 Å². The highest BCUT2D eigenvalue weighted by Gasteiger charge is 2.36. The number of hydrogen-bond acceptors (Lipinski definition) is 3. The zero-order valence-electron chi connectivity index (χ0n) is 12.6. The Morgan fingerprint density at radius 3 is 2.61 bits per heavy atom. The van der Waals surface area contributed by atoms with Crippen molar-refractivity contribution in [1.82, 2.24) is 5.32 Å². The molecular formula is C16H19F2NO3S. The van der Waals surface area contributed by atoms with Crippen LogP contribution in [-0.2, 0) is 14.6 Å². The Hall–Kier alpha value is -1.50. The standard InChI is InChI=1S/C16H19F2NO3S/c17-12-3-4-14(18)13(8-12)16(11-1-2-11)19-15(20)7-10-5-6-23(21,22)9-10/h3-4,8,10-11,16H,1-2,5-7,9H2,(H,19,20)/t10-,16+/m1/s1. The molecule has 4 nitrogen and oxygen atoms in total. The van der Waals surface area contributed by atoms with Crippen LogP contribution in [0.1, 0.15) is 37.3 Å². The van der Waals surface area contributed by atoms with E-state index in [2.05, 4.69) is 5.32 Å². The van der Waals surface area contributed by atoms with E-state index in [-0.39, 0.29) is 41.2 Å². The third-order valence-corrected chi connectivity index (χ3v) is 6.34. The fraction of sp³-hybridized carbons (Fsp3) is 0.562. The Balaban J connectivity index is 1.68. The van der Waals surface area contributed by atoms with Crippen LogP contribution in [0.4, 0.5) is 8.78 Å². The Bertz CT molecular complexity index is 716. The Labute approximate surface area is 134 Å². The fourth-order valence-corrected chi connectivity index (χ4v) is 5.02. The average Bonchev–Trinajstić information content (AvgIpc) is 3.24. The van der Waals surface area contributed by atoms with Crippen LogP contribution in [-0.4, -0.2) is 25.8 Å². The van der Waals surface area contributed by atoms with Gasteiger partial charge in [0.25, 0.3) is 0 Å². The van der Waals surface area contributed by atoms with Crippen LogP contribution < -0.4 is 5.32 Å². The highest BCUT2D eigenvalue weighted by Crippen LogP contribution is 2.42.